The minimum absolute atomic E-state index is 0.268. The molecule has 1 aliphatic rings. The summed E-state index contributed by atoms with van der Waals surface area (Å²) in [4.78, 5) is 26.1. The first kappa shape index (κ1) is 11.8. The number of methoxy groups -OCH3 is 1. The smallest absolute Gasteiger partial charge is 0.363 e. The molecule has 0 aromatic rings. The van der Waals surface area contributed by atoms with Crippen LogP contribution in [0.4, 0.5) is 0 Å². The zero-order valence-corrected chi connectivity index (χ0v) is 9.30. The van der Waals surface area contributed by atoms with Crippen molar-refractivity contribution in [1.82, 2.24) is 0 Å². The molecule has 0 aliphatic carbocycles. The van der Waals surface area contributed by atoms with Gasteiger partial charge >= 0.3 is 11.9 Å². The second kappa shape index (κ2) is 5.55. The molecule has 0 aromatic heterocycles. The zero-order valence-electron chi connectivity index (χ0n) is 8.48. The number of carbonyl (C=O) groups is 2. The van der Waals surface area contributed by atoms with Gasteiger partial charge in [-0.05, 0) is 6.92 Å². The minimum atomic E-state index is -0.456. The Morgan fingerprint density at radius 2 is 2.27 bits per heavy atom. The van der Waals surface area contributed by atoms with Crippen LogP contribution in [0.15, 0.2) is 16.8 Å². The van der Waals surface area contributed by atoms with Gasteiger partial charge in [-0.15, -0.1) is 0 Å². The summed E-state index contributed by atoms with van der Waals surface area (Å²) in [6, 6.07) is 0. The van der Waals surface area contributed by atoms with E-state index >= 15 is 0 Å². The van der Waals surface area contributed by atoms with Gasteiger partial charge in [0.05, 0.1) is 19.3 Å². The number of aliphatic imine (C=N–C) groups is 1. The molecule has 0 bridgehead atoms. The highest BCUT2D eigenvalue weighted by Crippen LogP contribution is 2.18. The number of thioether (sulfide) groups is 1. The first-order valence-electron chi connectivity index (χ1n) is 4.34. The van der Waals surface area contributed by atoms with Gasteiger partial charge < -0.3 is 9.47 Å². The van der Waals surface area contributed by atoms with E-state index in [4.69, 9.17) is 4.74 Å². The summed E-state index contributed by atoms with van der Waals surface area (Å²) in [7, 11) is 1.30. The Labute approximate surface area is 91.5 Å². The standard InChI is InChI=1S/C9H11NO4S/c1-3-14-9(12)7-10-4-6(5-15-7)8(11)13-2/h4H,3,5H2,1-2H3. The maximum Gasteiger partial charge on any atom is 0.363 e. The molecule has 15 heavy (non-hydrogen) atoms. The van der Waals surface area contributed by atoms with Crippen molar-refractivity contribution >= 4 is 28.7 Å². The normalized spacial score (nSPS) is 15.1. The Balaban J connectivity index is 2.67. The molecule has 0 spiro atoms. The first-order chi connectivity index (χ1) is 7.19. The summed E-state index contributed by atoms with van der Waals surface area (Å²) in [5.41, 5.74) is 0.440. The van der Waals surface area contributed by atoms with E-state index in [1.165, 1.54) is 25.1 Å². The van der Waals surface area contributed by atoms with E-state index in [-0.39, 0.29) is 5.04 Å². The van der Waals surface area contributed by atoms with Crippen molar-refractivity contribution in [2.45, 2.75) is 6.92 Å². The summed E-state index contributed by atoms with van der Waals surface area (Å²) >= 11 is 1.17. The van der Waals surface area contributed by atoms with Gasteiger partial charge in [-0.25, -0.2) is 14.6 Å². The van der Waals surface area contributed by atoms with E-state index in [1.54, 1.807) is 6.92 Å². The Hall–Kier alpha value is -1.30. The van der Waals surface area contributed by atoms with Gasteiger partial charge in [0, 0.05) is 12.0 Å². The summed E-state index contributed by atoms with van der Waals surface area (Å²) in [6.07, 6.45) is 1.34. The Morgan fingerprint density at radius 1 is 1.53 bits per heavy atom. The third-order valence-electron chi connectivity index (χ3n) is 1.60. The molecule has 82 valence electrons. The SMILES string of the molecule is CCOC(=O)C1=NC=C(C(=O)OC)CS1. The van der Waals surface area contributed by atoms with Gasteiger partial charge in [0.2, 0.25) is 0 Å². The molecule has 6 heteroatoms. The third kappa shape index (κ3) is 3.09. The lowest BCUT2D eigenvalue weighted by Gasteiger charge is -2.10. The van der Waals surface area contributed by atoms with Crippen molar-refractivity contribution in [2.75, 3.05) is 19.5 Å². The van der Waals surface area contributed by atoms with E-state index in [9.17, 15) is 9.59 Å². The predicted octanol–water partition coefficient (Wildman–Crippen LogP) is 0.752. The molecular formula is C9H11NO4S. The number of hydrogen-bond donors (Lipinski definition) is 0. The van der Waals surface area contributed by atoms with Gasteiger partial charge in [0.25, 0.3) is 0 Å². The fourth-order valence-electron chi connectivity index (χ4n) is 0.904. The van der Waals surface area contributed by atoms with Crippen LogP contribution in [-0.4, -0.2) is 36.5 Å². The molecule has 0 amide bonds. The van der Waals surface area contributed by atoms with E-state index in [0.29, 0.717) is 17.9 Å². The second-order valence-corrected chi connectivity index (χ2v) is 3.55. The largest absolute Gasteiger partial charge is 0.466 e. The van der Waals surface area contributed by atoms with Crippen LogP contribution >= 0.6 is 11.8 Å². The van der Waals surface area contributed by atoms with Gasteiger partial charge in [-0.2, -0.15) is 0 Å². The van der Waals surface area contributed by atoms with Gasteiger partial charge in [-0.3, -0.25) is 0 Å². The maximum absolute atomic E-state index is 11.2. The quantitative estimate of drug-likeness (QED) is 0.668. The van der Waals surface area contributed by atoms with Gasteiger partial charge in [0.15, 0.2) is 5.04 Å². The lowest BCUT2D eigenvalue weighted by molar-refractivity contribution is -0.136. The van der Waals surface area contributed by atoms with E-state index < -0.39 is 11.9 Å². The number of esters is 2. The highest BCUT2D eigenvalue weighted by atomic mass is 32.2. The predicted molar refractivity (Wildman–Crippen MR) is 56.6 cm³/mol. The summed E-state index contributed by atoms with van der Waals surface area (Å²) < 4.78 is 9.29. The molecule has 0 saturated heterocycles. The van der Waals surface area contributed by atoms with Crippen LogP contribution in [0.25, 0.3) is 0 Å². The van der Waals surface area contributed by atoms with E-state index in [1.807, 2.05) is 0 Å². The lowest BCUT2D eigenvalue weighted by atomic mass is 10.3. The van der Waals surface area contributed by atoms with Gasteiger partial charge in [-0.1, -0.05) is 11.8 Å². The van der Waals surface area contributed by atoms with Crippen molar-refractivity contribution in [3.05, 3.63) is 11.8 Å². The zero-order chi connectivity index (χ0) is 11.3. The van der Waals surface area contributed by atoms with Crippen LogP contribution in [0.5, 0.6) is 0 Å². The monoisotopic (exact) mass is 229 g/mol. The van der Waals surface area contributed by atoms with E-state index in [2.05, 4.69) is 9.73 Å². The second-order valence-electron chi connectivity index (χ2n) is 2.59. The summed E-state index contributed by atoms with van der Waals surface area (Å²) in [5.74, 6) is -0.499. The summed E-state index contributed by atoms with van der Waals surface area (Å²) in [5, 5.41) is 0.268. The average molecular weight is 229 g/mol. The molecule has 0 unspecified atom stereocenters. The molecule has 0 fully saturated rings. The number of ether oxygens (including phenoxy) is 2. The molecule has 1 aliphatic heterocycles. The third-order valence-corrected chi connectivity index (χ3v) is 2.60. The number of nitrogens with zero attached hydrogens (tertiary/aromatic N) is 1. The van der Waals surface area contributed by atoms with Crippen LogP contribution in [0.3, 0.4) is 0 Å². The molecule has 0 radical (unpaired) electrons. The molecule has 0 aromatic carbocycles. The average Bonchev–Trinajstić information content (AvgIpc) is 2.28. The van der Waals surface area contributed by atoms with Crippen molar-refractivity contribution in [3.8, 4) is 0 Å². The maximum atomic E-state index is 11.2. The lowest BCUT2D eigenvalue weighted by Crippen LogP contribution is -2.19. The minimum Gasteiger partial charge on any atom is -0.466 e. The fourth-order valence-corrected chi connectivity index (χ4v) is 1.69. The van der Waals surface area contributed by atoms with Gasteiger partial charge in [0.1, 0.15) is 0 Å². The molecule has 1 rings (SSSR count). The van der Waals surface area contributed by atoms with E-state index in [0.717, 1.165) is 0 Å². The van der Waals surface area contributed by atoms with Crippen LogP contribution in [-0.2, 0) is 19.1 Å². The topological polar surface area (TPSA) is 65.0 Å². The molecular weight excluding hydrogens is 218 g/mol. The van der Waals surface area contributed by atoms with Crippen molar-refractivity contribution < 1.29 is 19.1 Å². The van der Waals surface area contributed by atoms with Crippen LogP contribution in [0, 0.1) is 0 Å². The van der Waals surface area contributed by atoms with Crippen molar-refractivity contribution in [3.63, 3.8) is 0 Å². The number of rotatable bonds is 3. The van der Waals surface area contributed by atoms with Crippen LogP contribution in [0.1, 0.15) is 6.92 Å². The fraction of sp³-hybridized carbons (Fsp3) is 0.444. The molecule has 0 N–H and O–H groups in total. The molecule has 0 saturated carbocycles. The number of carbonyl (C=O) groups excluding carboxylic acids is 2. The van der Waals surface area contributed by atoms with Crippen molar-refractivity contribution in [1.29, 1.82) is 0 Å². The summed E-state index contributed by atoms with van der Waals surface area (Å²) in [6.45, 7) is 2.04. The Bertz CT molecular complexity index is 335. The highest BCUT2D eigenvalue weighted by molar-refractivity contribution is 8.15. The number of hydrogen-bond acceptors (Lipinski definition) is 6. The Morgan fingerprint density at radius 3 is 2.73 bits per heavy atom. The Kier molecular flexibility index (Phi) is 4.36. The van der Waals surface area contributed by atoms with Crippen LogP contribution < -0.4 is 0 Å². The first-order valence-corrected chi connectivity index (χ1v) is 5.32. The molecule has 5 nitrogen and oxygen atoms in total. The molecule has 0 atom stereocenters. The molecule has 1 heterocycles. The van der Waals surface area contributed by atoms with Crippen LogP contribution in [0.2, 0.25) is 0 Å². The highest BCUT2D eigenvalue weighted by Gasteiger charge is 2.20. The van der Waals surface area contributed by atoms with Crippen molar-refractivity contribution in [2.24, 2.45) is 4.99 Å².